The minimum atomic E-state index is -1.07. The van der Waals surface area contributed by atoms with E-state index in [1.54, 1.807) is 10.6 Å². The van der Waals surface area contributed by atoms with Crippen LogP contribution in [0.15, 0.2) is 23.1 Å². The first kappa shape index (κ1) is 11.8. The Labute approximate surface area is 107 Å². The zero-order valence-electron chi connectivity index (χ0n) is 9.99. The first-order valence-corrected chi connectivity index (χ1v) is 6.02. The lowest BCUT2D eigenvalue weighted by Gasteiger charge is -2.11. The summed E-state index contributed by atoms with van der Waals surface area (Å²) < 4.78 is 28.3. The van der Waals surface area contributed by atoms with Gasteiger partial charge in [-0.3, -0.25) is 4.79 Å². The number of nitriles is 1. The lowest BCUT2D eigenvalue weighted by atomic mass is 10.1. The summed E-state index contributed by atoms with van der Waals surface area (Å²) in [5.41, 5.74) is -0.252. The van der Waals surface area contributed by atoms with E-state index in [0.717, 1.165) is 25.0 Å². The van der Waals surface area contributed by atoms with E-state index >= 15 is 0 Å². The molecular weight excluding hydrogens is 250 g/mol. The molecule has 1 saturated carbocycles. The molecule has 0 atom stereocenters. The molecule has 1 aliphatic carbocycles. The van der Waals surface area contributed by atoms with E-state index in [1.165, 1.54) is 6.20 Å². The summed E-state index contributed by atoms with van der Waals surface area (Å²) in [7, 11) is 0. The smallest absolute Gasteiger partial charge is 0.207 e. The number of halogens is 2. The van der Waals surface area contributed by atoms with Crippen molar-refractivity contribution < 1.29 is 8.78 Å². The topological polar surface area (TPSA) is 45.8 Å². The van der Waals surface area contributed by atoms with Gasteiger partial charge in [0.15, 0.2) is 11.6 Å². The SMILES string of the molecule is N#Cc1cn(CC2CC2)c2cc(F)c(F)cc2c1=O. The number of benzene rings is 1. The van der Waals surface area contributed by atoms with Gasteiger partial charge in [-0.05, 0) is 24.8 Å². The van der Waals surface area contributed by atoms with Crippen LogP contribution in [0.2, 0.25) is 0 Å². The molecule has 2 aromatic rings. The number of rotatable bonds is 2. The number of fused-ring (bicyclic) bond motifs is 1. The fraction of sp³-hybridized carbons (Fsp3) is 0.286. The molecule has 1 aromatic carbocycles. The molecule has 0 bridgehead atoms. The summed E-state index contributed by atoms with van der Waals surface area (Å²) >= 11 is 0. The van der Waals surface area contributed by atoms with Crippen LogP contribution in [0.5, 0.6) is 0 Å². The van der Waals surface area contributed by atoms with Crippen molar-refractivity contribution in [2.45, 2.75) is 19.4 Å². The average molecular weight is 260 g/mol. The van der Waals surface area contributed by atoms with Gasteiger partial charge in [0.1, 0.15) is 11.6 Å². The summed E-state index contributed by atoms with van der Waals surface area (Å²) in [6.07, 6.45) is 3.60. The van der Waals surface area contributed by atoms with Gasteiger partial charge in [-0.15, -0.1) is 0 Å². The number of nitrogens with zero attached hydrogens (tertiary/aromatic N) is 2. The third-order valence-corrected chi connectivity index (χ3v) is 3.39. The lowest BCUT2D eigenvalue weighted by molar-refractivity contribution is 0.509. The molecule has 0 spiro atoms. The monoisotopic (exact) mass is 260 g/mol. The van der Waals surface area contributed by atoms with Crippen molar-refractivity contribution in [3.8, 4) is 6.07 Å². The maximum absolute atomic E-state index is 13.3. The van der Waals surface area contributed by atoms with E-state index in [-0.39, 0.29) is 10.9 Å². The molecule has 0 N–H and O–H groups in total. The van der Waals surface area contributed by atoms with Gasteiger partial charge in [0, 0.05) is 18.8 Å². The minimum absolute atomic E-state index is 0.0424. The van der Waals surface area contributed by atoms with Crippen LogP contribution in [-0.2, 0) is 6.54 Å². The van der Waals surface area contributed by atoms with Crippen LogP contribution in [-0.4, -0.2) is 4.57 Å². The van der Waals surface area contributed by atoms with Gasteiger partial charge >= 0.3 is 0 Å². The molecule has 1 aromatic heterocycles. The third kappa shape index (κ3) is 1.99. The van der Waals surface area contributed by atoms with Gasteiger partial charge in [-0.1, -0.05) is 0 Å². The van der Waals surface area contributed by atoms with Crippen molar-refractivity contribution in [3.63, 3.8) is 0 Å². The lowest BCUT2D eigenvalue weighted by Crippen LogP contribution is -2.14. The molecule has 0 aliphatic heterocycles. The maximum Gasteiger partial charge on any atom is 0.207 e. The van der Waals surface area contributed by atoms with Crippen LogP contribution in [0.3, 0.4) is 0 Å². The Kier molecular flexibility index (Phi) is 2.59. The normalized spacial score (nSPS) is 14.6. The predicted molar refractivity (Wildman–Crippen MR) is 65.6 cm³/mol. The molecule has 0 saturated heterocycles. The second kappa shape index (κ2) is 4.16. The van der Waals surface area contributed by atoms with Crippen molar-refractivity contribution >= 4 is 10.9 Å². The second-order valence-electron chi connectivity index (χ2n) is 4.86. The molecule has 3 nitrogen and oxygen atoms in total. The molecule has 1 aliphatic rings. The quantitative estimate of drug-likeness (QED) is 0.833. The number of aromatic nitrogens is 1. The van der Waals surface area contributed by atoms with Crippen molar-refractivity contribution in [3.05, 3.63) is 45.8 Å². The van der Waals surface area contributed by atoms with E-state index in [2.05, 4.69) is 0 Å². The Morgan fingerprint density at radius 1 is 1.32 bits per heavy atom. The summed E-state index contributed by atoms with van der Waals surface area (Å²) in [6, 6.07) is 3.70. The maximum atomic E-state index is 13.3. The Bertz CT molecular complexity index is 770. The predicted octanol–water partition coefficient (Wildman–Crippen LogP) is 2.56. The molecule has 96 valence electrons. The standard InChI is InChI=1S/C14H10F2N2O/c15-11-3-10-13(4-12(11)16)18(6-8-1-2-8)7-9(5-17)14(10)19/h3-4,7-8H,1-2,6H2. The van der Waals surface area contributed by atoms with Gasteiger partial charge in [-0.2, -0.15) is 5.26 Å². The Morgan fingerprint density at radius 3 is 2.63 bits per heavy atom. The van der Waals surface area contributed by atoms with Crippen molar-refractivity contribution in [1.29, 1.82) is 5.26 Å². The fourth-order valence-corrected chi connectivity index (χ4v) is 2.19. The summed E-state index contributed by atoms with van der Waals surface area (Å²) in [5, 5.41) is 9.00. The highest BCUT2D eigenvalue weighted by Crippen LogP contribution is 2.31. The van der Waals surface area contributed by atoms with E-state index in [1.807, 2.05) is 0 Å². The van der Waals surface area contributed by atoms with Crippen LogP contribution in [0.1, 0.15) is 18.4 Å². The first-order valence-electron chi connectivity index (χ1n) is 6.02. The van der Waals surface area contributed by atoms with Crippen molar-refractivity contribution in [2.75, 3.05) is 0 Å². The molecule has 0 radical (unpaired) electrons. The number of hydrogen-bond donors (Lipinski definition) is 0. The largest absolute Gasteiger partial charge is 0.346 e. The highest BCUT2D eigenvalue weighted by Gasteiger charge is 2.23. The summed E-state index contributed by atoms with van der Waals surface area (Å²) in [4.78, 5) is 12.0. The number of hydrogen-bond acceptors (Lipinski definition) is 2. The number of pyridine rings is 1. The van der Waals surface area contributed by atoms with Crippen LogP contribution < -0.4 is 5.43 Å². The van der Waals surface area contributed by atoms with Gasteiger partial charge in [0.25, 0.3) is 0 Å². The zero-order valence-corrected chi connectivity index (χ0v) is 9.99. The van der Waals surface area contributed by atoms with Gasteiger partial charge in [0.05, 0.1) is 10.9 Å². The molecule has 1 heterocycles. The van der Waals surface area contributed by atoms with Gasteiger partial charge in [0.2, 0.25) is 5.43 Å². The molecule has 3 rings (SSSR count). The summed E-state index contributed by atoms with van der Waals surface area (Å²) in [6.45, 7) is 0.622. The first-order chi connectivity index (χ1) is 9.10. The highest BCUT2D eigenvalue weighted by molar-refractivity contribution is 5.80. The Morgan fingerprint density at radius 2 is 2.00 bits per heavy atom. The summed E-state index contributed by atoms with van der Waals surface area (Å²) in [5.74, 6) is -1.57. The molecule has 1 fully saturated rings. The highest BCUT2D eigenvalue weighted by atomic mass is 19.2. The Balaban J connectivity index is 2.34. The van der Waals surface area contributed by atoms with Crippen LogP contribution in [0.25, 0.3) is 10.9 Å². The molecule has 0 unspecified atom stereocenters. The minimum Gasteiger partial charge on any atom is -0.346 e. The van der Waals surface area contributed by atoms with Crippen LogP contribution in [0, 0.1) is 28.9 Å². The molecule has 5 heteroatoms. The van der Waals surface area contributed by atoms with E-state index in [9.17, 15) is 13.6 Å². The van der Waals surface area contributed by atoms with Crippen molar-refractivity contribution in [1.82, 2.24) is 4.57 Å². The third-order valence-electron chi connectivity index (χ3n) is 3.39. The molecule has 19 heavy (non-hydrogen) atoms. The van der Waals surface area contributed by atoms with E-state index in [4.69, 9.17) is 5.26 Å². The van der Waals surface area contributed by atoms with Gasteiger partial charge in [-0.25, -0.2) is 8.78 Å². The van der Waals surface area contributed by atoms with Gasteiger partial charge < -0.3 is 4.57 Å². The molecule has 0 amide bonds. The van der Waals surface area contributed by atoms with Crippen LogP contribution in [0.4, 0.5) is 8.78 Å². The fourth-order valence-electron chi connectivity index (χ4n) is 2.19. The van der Waals surface area contributed by atoms with Crippen molar-refractivity contribution in [2.24, 2.45) is 5.92 Å². The zero-order chi connectivity index (χ0) is 13.6. The van der Waals surface area contributed by atoms with Crippen LogP contribution >= 0.6 is 0 Å². The average Bonchev–Trinajstić information content (AvgIpc) is 3.19. The Hall–Kier alpha value is -2.22. The molecular formula is C14H10F2N2O. The van der Waals surface area contributed by atoms with E-state index in [0.29, 0.717) is 18.0 Å². The second-order valence-corrected chi connectivity index (χ2v) is 4.86. The van der Waals surface area contributed by atoms with E-state index < -0.39 is 17.1 Å².